The minimum absolute atomic E-state index is 0.237. The highest BCUT2D eigenvalue weighted by Gasteiger charge is 2.48. The highest BCUT2D eigenvalue weighted by molar-refractivity contribution is 7.80. The number of nitrogens with one attached hydrogen (secondary N) is 1. The fourth-order valence-electron chi connectivity index (χ4n) is 8.67. The zero-order valence-corrected chi connectivity index (χ0v) is 43.6. The molecule has 1 fully saturated rings. The van der Waals surface area contributed by atoms with E-state index in [0.717, 1.165) is 44.9 Å². The van der Waals surface area contributed by atoms with Crippen LogP contribution in [0.1, 0.15) is 239 Å². The predicted molar refractivity (Wildman–Crippen MR) is 274 cm³/mol. The minimum Gasteiger partial charge on any atom is -0.394 e. The van der Waals surface area contributed by atoms with Gasteiger partial charge in [0.15, 0.2) is 6.29 Å². The standard InChI is InChI=1S/C54H101NO12S/c1-3-5-7-9-11-13-15-17-19-21-22-23-24-25-27-29-31-33-35-37-39-41-43-48(58)53(61)55-46(45-65-54-51(60)52(67-68(62,63)64)50(59)49(44-56)66-54)47(57)42-40-38-36-34-32-30-28-26-20-18-16-14-12-10-8-6-4-2/h20,26,32,34,40,42,46-52,54,56-60H,3-19,21-25,27-31,33,35-39,41,43-45H2,1-2H3,(H,55,61)(H,62,63,64)/b26-20+,34-32+,42-40+. The van der Waals surface area contributed by atoms with Crippen LogP contribution in [0.15, 0.2) is 36.5 Å². The molecule has 14 heteroatoms. The number of carbonyl (C=O) groups excluding carboxylic acids is 1. The van der Waals surface area contributed by atoms with Crippen molar-refractivity contribution < 1.29 is 57.0 Å². The van der Waals surface area contributed by atoms with E-state index in [0.29, 0.717) is 12.8 Å². The van der Waals surface area contributed by atoms with Gasteiger partial charge in [-0.2, -0.15) is 8.42 Å². The van der Waals surface area contributed by atoms with Crippen LogP contribution in [-0.4, -0.2) is 107 Å². The summed E-state index contributed by atoms with van der Waals surface area (Å²) in [7, 11) is -5.13. The highest BCUT2D eigenvalue weighted by atomic mass is 32.3. The third-order valence-corrected chi connectivity index (χ3v) is 13.5. The van der Waals surface area contributed by atoms with Gasteiger partial charge in [0.25, 0.3) is 0 Å². The van der Waals surface area contributed by atoms with Gasteiger partial charge in [0.2, 0.25) is 5.91 Å². The molecule has 0 aromatic carbocycles. The van der Waals surface area contributed by atoms with Crippen LogP contribution >= 0.6 is 0 Å². The molecule has 1 aliphatic heterocycles. The molecule has 400 valence electrons. The second-order valence-corrected chi connectivity index (χ2v) is 20.3. The van der Waals surface area contributed by atoms with Gasteiger partial charge >= 0.3 is 10.4 Å². The van der Waals surface area contributed by atoms with Crippen LogP contribution in [-0.2, 0) is 28.9 Å². The molecule has 0 bridgehead atoms. The van der Waals surface area contributed by atoms with Crippen molar-refractivity contribution in [1.82, 2.24) is 5.32 Å². The van der Waals surface area contributed by atoms with Crippen molar-refractivity contribution in [1.29, 1.82) is 0 Å². The van der Waals surface area contributed by atoms with Crippen LogP contribution < -0.4 is 5.32 Å². The first-order chi connectivity index (χ1) is 32.9. The van der Waals surface area contributed by atoms with Crippen molar-refractivity contribution >= 4 is 16.3 Å². The van der Waals surface area contributed by atoms with Crippen LogP contribution in [0.25, 0.3) is 0 Å². The number of aliphatic hydroxyl groups is 5. The molecule has 0 aromatic heterocycles. The van der Waals surface area contributed by atoms with Gasteiger partial charge in [-0.3, -0.25) is 9.35 Å². The SMILES string of the molecule is CCCCCCCCC/C=C/CC/C=C/CC/C=C/C(O)C(COC1OC(CO)C(O)C(OS(=O)(=O)O)C1O)NC(=O)C(O)CCCCCCCCCCCCCCCCCCCCCCCC. The lowest BCUT2D eigenvalue weighted by Crippen LogP contribution is -2.61. The maximum atomic E-state index is 13.2. The first kappa shape index (κ1) is 64.3. The van der Waals surface area contributed by atoms with Gasteiger partial charge in [-0.25, -0.2) is 4.18 Å². The Balaban J connectivity index is 2.48. The number of unbranched alkanes of at least 4 members (excludes halogenated alkanes) is 30. The molecule has 0 aromatic rings. The summed E-state index contributed by atoms with van der Waals surface area (Å²) in [6.45, 7) is 3.22. The highest BCUT2D eigenvalue weighted by Crippen LogP contribution is 2.26. The molecule has 1 aliphatic rings. The first-order valence-corrected chi connectivity index (χ1v) is 28.8. The van der Waals surface area contributed by atoms with Crippen LogP contribution in [0.2, 0.25) is 0 Å². The fraction of sp³-hybridized carbons (Fsp3) is 0.870. The van der Waals surface area contributed by atoms with Gasteiger partial charge in [-0.15, -0.1) is 0 Å². The molecular formula is C54H101NO12S. The molecule has 0 aliphatic carbocycles. The summed E-state index contributed by atoms with van der Waals surface area (Å²) in [6.07, 6.45) is 42.3. The zero-order valence-electron chi connectivity index (χ0n) is 42.8. The fourth-order valence-corrected chi connectivity index (χ4v) is 9.18. The van der Waals surface area contributed by atoms with Gasteiger partial charge in [0.05, 0.1) is 25.4 Å². The Morgan fingerprint density at radius 1 is 0.588 bits per heavy atom. The topological polar surface area (TPSA) is 212 Å². The lowest BCUT2D eigenvalue weighted by Gasteiger charge is -2.41. The summed E-state index contributed by atoms with van der Waals surface area (Å²) in [5, 5.41) is 55.4. The number of carbonyl (C=O) groups is 1. The Hall–Kier alpha value is -1.72. The first-order valence-electron chi connectivity index (χ1n) is 27.5. The molecule has 0 radical (unpaired) electrons. The summed E-state index contributed by atoms with van der Waals surface area (Å²) in [4.78, 5) is 13.2. The van der Waals surface area contributed by atoms with Crippen LogP contribution in [0.3, 0.4) is 0 Å². The number of hydrogen-bond acceptors (Lipinski definition) is 11. The number of allylic oxidation sites excluding steroid dienone is 5. The quantitative estimate of drug-likeness (QED) is 0.0172. The van der Waals surface area contributed by atoms with Gasteiger partial charge in [-0.05, 0) is 44.9 Å². The molecular weight excluding hydrogens is 887 g/mol. The smallest absolute Gasteiger partial charge is 0.394 e. The van der Waals surface area contributed by atoms with Crippen molar-refractivity contribution in [3.05, 3.63) is 36.5 Å². The Labute approximate surface area is 414 Å². The van der Waals surface area contributed by atoms with Gasteiger partial charge < -0.3 is 40.3 Å². The lowest BCUT2D eigenvalue weighted by molar-refractivity contribution is -0.298. The van der Waals surface area contributed by atoms with Crippen molar-refractivity contribution in [2.24, 2.45) is 0 Å². The molecule has 0 saturated carbocycles. The van der Waals surface area contributed by atoms with Gasteiger partial charge in [0.1, 0.15) is 30.5 Å². The minimum atomic E-state index is -5.13. The molecule has 0 spiro atoms. The van der Waals surface area contributed by atoms with E-state index < -0.39 is 78.5 Å². The van der Waals surface area contributed by atoms with Crippen molar-refractivity contribution in [3.63, 3.8) is 0 Å². The number of amides is 1. The van der Waals surface area contributed by atoms with E-state index in [1.807, 2.05) is 0 Å². The van der Waals surface area contributed by atoms with Gasteiger partial charge in [0, 0.05) is 0 Å². The maximum Gasteiger partial charge on any atom is 0.397 e. The van der Waals surface area contributed by atoms with E-state index in [4.69, 9.17) is 9.47 Å². The predicted octanol–water partition coefficient (Wildman–Crippen LogP) is 11.2. The third-order valence-electron chi connectivity index (χ3n) is 13.0. The molecule has 1 amide bonds. The second-order valence-electron chi connectivity index (χ2n) is 19.3. The van der Waals surface area contributed by atoms with Crippen LogP contribution in [0.5, 0.6) is 0 Å². The lowest BCUT2D eigenvalue weighted by atomic mass is 9.99. The number of rotatable bonds is 47. The molecule has 1 saturated heterocycles. The second kappa shape index (κ2) is 44.0. The zero-order chi connectivity index (χ0) is 49.9. The number of hydrogen-bond donors (Lipinski definition) is 7. The monoisotopic (exact) mass is 988 g/mol. The average Bonchev–Trinajstić information content (AvgIpc) is 3.31. The molecule has 8 atom stereocenters. The average molecular weight is 988 g/mol. The number of aliphatic hydroxyl groups excluding tert-OH is 5. The van der Waals surface area contributed by atoms with Crippen molar-refractivity contribution in [2.45, 2.75) is 288 Å². The van der Waals surface area contributed by atoms with Crippen LogP contribution in [0.4, 0.5) is 0 Å². The van der Waals surface area contributed by atoms with E-state index in [1.165, 1.54) is 167 Å². The third kappa shape index (κ3) is 35.4. The van der Waals surface area contributed by atoms with E-state index in [2.05, 4.69) is 47.7 Å². The summed E-state index contributed by atoms with van der Waals surface area (Å²) >= 11 is 0. The van der Waals surface area contributed by atoms with E-state index >= 15 is 0 Å². The Morgan fingerprint density at radius 2 is 0.985 bits per heavy atom. The Kier molecular flexibility index (Phi) is 41.6. The molecule has 8 unspecified atom stereocenters. The number of ether oxygens (including phenoxy) is 2. The Morgan fingerprint density at radius 3 is 1.41 bits per heavy atom. The molecule has 1 heterocycles. The van der Waals surface area contributed by atoms with E-state index in [9.17, 15) is 43.3 Å². The summed E-state index contributed by atoms with van der Waals surface area (Å²) < 4.78 is 47.7. The Bertz CT molecular complexity index is 1360. The summed E-state index contributed by atoms with van der Waals surface area (Å²) in [5.74, 6) is -0.713. The van der Waals surface area contributed by atoms with Gasteiger partial charge in [-0.1, -0.05) is 230 Å². The van der Waals surface area contributed by atoms with Crippen LogP contribution in [0, 0.1) is 0 Å². The van der Waals surface area contributed by atoms with Crippen molar-refractivity contribution in [2.75, 3.05) is 13.2 Å². The molecule has 1 rings (SSSR count). The molecule has 7 N–H and O–H groups in total. The molecule has 13 nitrogen and oxygen atoms in total. The largest absolute Gasteiger partial charge is 0.397 e. The maximum absolute atomic E-state index is 13.2. The van der Waals surface area contributed by atoms with E-state index in [1.54, 1.807) is 6.08 Å². The normalized spacial score (nSPS) is 20.5. The van der Waals surface area contributed by atoms with Crippen molar-refractivity contribution in [3.8, 4) is 0 Å². The molecule has 68 heavy (non-hydrogen) atoms. The summed E-state index contributed by atoms with van der Waals surface area (Å²) in [6, 6.07) is -1.14. The van der Waals surface area contributed by atoms with E-state index in [-0.39, 0.29) is 6.42 Å². The summed E-state index contributed by atoms with van der Waals surface area (Å²) in [5.41, 5.74) is 0.